The Bertz CT molecular complexity index is 470. The molecule has 1 aromatic rings. The molecular weight excluding hydrogens is 254 g/mol. The third-order valence-electron chi connectivity index (χ3n) is 4.25. The highest BCUT2D eigenvalue weighted by molar-refractivity contribution is 5.66. The van der Waals surface area contributed by atoms with Gasteiger partial charge in [0.25, 0.3) is 5.69 Å². The molecule has 0 heterocycles. The van der Waals surface area contributed by atoms with E-state index in [1.165, 1.54) is 19.3 Å². The second-order valence-electron chi connectivity index (χ2n) is 5.61. The Balaban J connectivity index is 2.20. The van der Waals surface area contributed by atoms with Crippen molar-refractivity contribution in [3.63, 3.8) is 0 Å². The number of hydrogen-bond acceptors (Lipinski definition) is 4. The molecule has 0 saturated heterocycles. The van der Waals surface area contributed by atoms with Gasteiger partial charge in [0.05, 0.1) is 4.92 Å². The van der Waals surface area contributed by atoms with Crippen LogP contribution in [0.1, 0.15) is 37.7 Å². The Hall–Kier alpha value is -1.62. The van der Waals surface area contributed by atoms with Crippen molar-refractivity contribution < 1.29 is 4.92 Å². The van der Waals surface area contributed by atoms with E-state index >= 15 is 0 Å². The zero-order valence-corrected chi connectivity index (χ0v) is 12.0. The van der Waals surface area contributed by atoms with E-state index in [1.54, 1.807) is 12.1 Å². The molecule has 1 aromatic carbocycles. The monoisotopic (exact) mass is 277 g/mol. The number of aryl methyl sites for hydroxylation is 1. The predicted octanol–water partition coefficient (Wildman–Crippen LogP) is 3.22. The minimum absolute atomic E-state index is 0.120. The molecule has 1 atom stereocenters. The number of nitrogens with two attached hydrogens (primary N) is 1. The molecule has 1 saturated carbocycles. The molecule has 0 bridgehead atoms. The summed E-state index contributed by atoms with van der Waals surface area (Å²) >= 11 is 0. The zero-order valence-electron chi connectivity index (χ0n) is 12.0. The molecule has 0 aliphatic heterocycles. The maximum absolute atomic E-state index is 11.2. The van der Waals surface area contributed by atoms with E-state index in [2.05, 4.69) is 5.32 Å². The van der Waals surface area contributed by atoms with Crippen molar-refractivity contribution in [1.29, 1.82) is 0 Å². The van der Waals surface area contributed by atoms with Crippen LogP contribution in [-0.4, -0.2) is 17.5 Å². The first-order valence-corrected chi connectivity index (χ1v) is 7.34. The van der Waals surface area contributed by atoms with E-state index in [4.69, 9.17) is 5.73 Å². The normalized spacial score (nSPS) is 17.7. The van der Waals surface area contributed by atoms with Gasteiger partial charge in [0.1, 0.15) is 5.69 Å². The maximum atomic E-state index is 11.2. The summed E-state index contributed by atoms with van der Waals surface area (Å²) in [6.45, 7) is 2.40. The smallest absolute Gasteiger partial charge is 0.292 e. The van der Waals surface area contributed by atoms with Gasteiger partial charge in [-0.05, 0) is 31.2 Å². The number of anilines is 1. The minimum atomic E-state index is -0.330. The molecule has 110 valence electrons. The molecule has 0 radical (unpaired) electrons. The molecule has 0 amide bonds. The lowest BCUT2D eigenvalue weighted by molar-refractivity contribution is -0.384. The number of nitro benzene ring substituents is 1. The van der Waals surface area contributed by atoms with Crippen LogP contribution in [-0.2, 0) is 0 Å². The van der Waals surface area contributed by atoms with E-state index < -0.39 is 0 Å². The summed E-state index contributed by atoms with van der Waals surface area (Å²) in [5, 5.41) is 14.5. The highest BCUT2D eigenvalue weighted by atomic mass is 16.6. The molecule has 0 spiro atoms. The van der Waals surface area contributed by atoms with E-state index in [1.807, 2.05) is 13.0 Å². The van der Waals surface area contributed by atoms with Crippen LogP contribution in [0.3, 0.4) is 0 Å². The Morgan fingerprint density at radius 1 is 1.40 bits per heavy atom. The van der Waals surface area contributed by atoms with E-state index in [0.29, 0.717) is 18.2 Å². The Labute approximate surface area is 119 Å². The number of nitro groups is 1. The third-order valence-corrected chi connectivity index (χ3v) is 4.25. The first kappa shape index (κ1) is 14.8. The van der Waals surface area contributed by atoms with Crippen LogP contribution in [0.25, 0.3) is 0 Å². The summed E-state index contributed by atoms with van der Waals surface area (Å²) in [5.74, 6) is 0.521. The van der Waals surface area contributed by atoms with Gasteiger partial charge in [-0.1, -0.05) is 31.4 Å². The lowest BCUT2D eigenvalue weighted by atomic mass is 9.83. The lowest BCUT2D eigenvalue weighted by Crippen LogP contribution is -2.37. The van der Waals surface area contributed by atoms with Crippen molar-refractivity contribution in [3.8, 4) is 0 Å². The Morgan fingerprint density at radius 3 is 2.70 bits per heavy atom. The summed E-state index contributed by atoms with van der Waals surface area (Å²) in [6, 6.07) is 5.28. The average molecular weight is 277 g/mol. The van der Waals surface area contributed by atoms with Crippen LogP contribution in [0.2, 0.25) is 0 Å². The van der Waals surface area contributed by atoms with E-state index in [9.17, 15) is 10.1 Å². The summed E-state index contributed by atoms with van der Waals surface area (Å²) in [6.07, 6.45) is 6.08. The van der Waals surface area contributed by atoms with Crippen LogP contribution >= 0.6 is 0 Å². The van der Waals surface area contributed by atoms with Crippen molar-refractivity contribution in [2.75, 3.05) is 11.9 Å². The van der Waals surface area contributed by atoms with Crippen molar-refractivity contribution in [2.24, 2.45) is 11.7 Å². The average Bonchev–Trinajstić information content (AvgIpc) is 2.46. The van der Waals surface area contributed by atoms with Gasteiger partial charge in [0, 0.05) is 18.7 Å². The topological polar surface area (TPSA) is 81.2 Å². The molecular formula is C15H23N3O2. The Morgan fingerprint density at radius 2 is 2.10 bits per heavy atom. The lowest BCUT2D eigenvalue weighted by Gasteiger charge is -2.31. The van der Waals surface area contributed by atoms with Gasteiger partial charge in [-0.3, -0.25) is 10.1 Å². The molecule has 20 heavy (non-hydrogen) atoms. The second kappa shape index (κ2) is 6.70. The molecule has 1 aliphatic rings. The fraction of sp³-hybridized carbons (Fsp3) is 0.600. The fourth-order valence-electron chi connectivity index (χ4n) is 3.08. The fourth-order valence-corrected chi connectivity index (χ4v) is 3.08. The maximum Gasteiger partial charge on any atom is 0.292 e. The molecule has 3 N–H and O–H groups in total. The summed E-state index contributed by atoms with van der Waals surface area (Å²) in [5.41, 5.74) is 7.55. The van der Waals surface area contributed by atoms with Crippen molar-refractivity contribution in [1.82, 2.24) is 0 Å². The Kier molecular flexibility index (Phi) is 4.95. The predicted molar refractivity (Wildman–Crippen MR) is 80.9 cm³/mol. The molecule has 1 fully saturated rings. The van der Waals surface area contributed by atoms with Gasteiger partial charge < -0.3 is 11.1 Å². The first-order chi connectivity index (χ1) is 9.63. The van der Waals surface area contributed by atoms with Gasteiger partial charge in [0.2, 0.25) is 0 Å². The number of hydrogen-bond donors (Lipinski definition) is 2. The number of nitrogens with one attached hydrogen (secondary N) is 1. The van der Waals surface area contributed by atoms with Gasteiger partial charge in [0.15, 0.2) is 0 Å². The quantitative estimate of drug-likeness (QED) is 0.639. The second-order valence-corrected chi connectivity index (χ2v) is 5.61. The highest BCUT2D eigenvalue weighted by Gasteiger charge is 2.25. The van der Waals surface area contributed by atoms with Gasteiger partial charge >= 0.3 is 0 Å². The van der Waals surface area contributed by atoms with Gasteiger partial charge in [-0.2, -0.15) is 0 Å². The molecule has 1 aliphatic carbocycles. The zero-order chi connectivity index (χ0) is 14.5. The number of rotatable bonds is 5. The molecule has 2 rings (SSSR count). The number of nitrogens with zero attached hydrogens (tertiary/aromatic N) is 1. The van der Waals surface area contributed by atoms with Crippen LogP contribution in [0.15, 0.2) is 18.2 Å². The number of para-hydroxylation sites is 1. The van der Waals surface area contributed by atoms with Crippen LogP contribution in [0, 0.1) is 23.0 Å². The summed E-state index contributed by atoms with van der Waals surface area (Å²) in [7, 11) is 0. The molecule has 5 nitrogen and oxygen atoms in total. The first-order valence-electron chi connectivity index (χ1n) is 7.34. The molecule has 1 unspecified atom stereocenters. The largest absolute Gasteiger partial charge is 0.375 e. The minimum Gasteiger partial charge on any atom is -0.375 e. The van der Waals surface area contributed by atoms with Crippen molar-refractivity contribution in [3.05, 3.63) is 33.9 Å². The van der Waals surface area contributed by atoms with E-state index in [-0.39, 0.29) is 16.7 Å². The van der Waals surface area contributed by atoms with E-state index in [0.717, 1.165) is 18.4 Å². The third kappa shape index (κ3) is 3.28. The number of benzene rings is 1. The van der Waals surface area contributed by atoms with Crippen LogP contribution in [0.4, 0.5) is 11.4 Å². The van der Waals surface area contributed by atoms with Gasteiger partial charge in [-0.25, -0.2) is 0 Å². The van der Waals surface area contributed by atoms with Crippen molar-refractivity contribution in [2.45, 2.75) is 45.1 Å². The van der Waals surface area contributed by atoms with Crippen LogP contribution < -0.4 is 11.1 Å². The molecule has 0 aromatic heterocycles. The SMILES string of the molecule is Cc1cccc([N+](=O)[O-])c1NC(CN)C1CCCCC1. The standard InChI is InChI=1S/C15H23N3O2/c1-11-6-5-9-14(18(19)20)15(11)17-13(10-16)12-7-3-2-4-8-12/h5-6,9,12-13,17H,2-4,7-8,10,16H2,1H3. The van der Waals surface area contributed by atoms with Gasteiger partial charge in [-0.15, -0.1) is 0 Å². The van der Waals surface area contributed by atoms with Crippen LogP contribution in [0.5, 0.6) is 0 Å². The summed E-state index contributed by atoms with van der Waals surface area (Å²) < 4.78 is 0. The van der Waals surface area contributed by atoms with Crippen molar-refractivity contribution >= 4 is 11.4 Å². The highest BCUT2D eigenvalue weighted by Crippen LogP contribution is 2.32. The molecule has 5 heteroatoms. The summed E-state index contributed by atoms with van der Waals surface area (Å²) in [4.78, 5) is 10.8.